The van der Waals surface area contributed by atoms with Crippen molar-refractivity contribution >= 4 is 44.5 Å². The topological polar surface area (TPSA) is 123 Å². The van der Waals surface area contributed by atoms with Crippen molar-refractivity contribution in [2.45, 2.75) is 18.7 Å². The summed E-state index contributed by atoms with van der Waals surface area (Å²) < 4.78 is 36.5. The highest BCUT2D eigenvalue weighted by molar-refractivity contribution is 7.87. The Morgan fingerprint density at radius 3 is 2.31 bits per heavy atom. The molecule has 0 spiro atoms. The molecular formula is C30H24N2O6S. The molecule has 4 aromatic carbocycles. The van der Waals surface area contributed by atoms with E-state index in [1.54, 1.807) is 37.3 Å². The molecule has 1 N–H and O–H groups in total. The fourth-order valence-electron chi connectivity index (χ4n) is 3.76. The predicted molar refractivity (Wildman–Crippen MR) is 148 cm³/mol. The number of fused-ring (bicyclic) bond motifs is 1. The van der Waals surface area contributed by atoms with Crippen LogP contribution in [0.5, 0.6) is 5.75 Å². The average molecular weight is 541 g/mol. The van der Waals surface area contributed by atoms with E-state index in [0.29, 0.717) is 16.6 Å². The van der Waals surface area contributed by atoms with E-state index in [1.165, 1.54) is 48.5 Å². The van der Waals surface area contributed by atoms with Gasteiger partial charge in [0.25, 0.3) is 5.91 Å². The highest BCUT2D eigenvalue weighted by Gasteiger charge is 2.20. The number of hydrogen-bond acceptors (Lipinski definition) is 7. The van der Waals surface area contributed by atoms with Crippen LogP contribution in [-0.2, 0) is 19.6 Å². The minimum Gasteiger partial charge on any atom is -0.462 e. The Labute approximate surface area is 226 Å². The Balaban J connectivity index is 1.69. The van der Waals surface area contributed by atoms with Gasteiger partial charge in [0.2, 0.25) is 0 Å². The van der Waals surface area contributed by atoms with Gasteiger partial charge in [0, 0.05) is 11.3 Å². The van der Waals surface area contributed by atoms with Gasteiger partial charge in [-0.2, -0.15) is 13.7 Å². The summed E-state index contributed by atoms with van der Waals surface area (Å²) in [5, 5.41) is 13.8. The van der Waals surface area contributed by atoms with Gasteiger partial charge in [-0.05, 0) is 73.2 Å². The third-order valence-corrected chi connectivity index (χ3v) is 7.00. The molecule has 4 aromatic rings. The van der Waals surface area contributed by atoms with Gasteiger partial charge in [0.1, 0.15) is 16.5 Å². The molecule has 0 fully saturated rings. The number of benzene rings is 4. The molecule has 39 heavy (non-hydrogen) atoms. The minimum atomic E-state index is -4.20. The van der Waals surface area contributed by atoms with Gasteiger partial charge >= 0.3 is 16.1 Å². The van der Waals surface area contributed by atoms with Crippen LogP contribution in [0.15, 0.2) is 95.4 Å². The standard InChI is InChI=1S/C30H24N2O6S/c1-3-37-30(34)22-10-13-24(14-11-22)32-29(33)23(19-31)18-27-26-7-5-4-6-21(26)12-17-28(27)38-39(35,36)25-15-8-20(2)9-16-25/h4-18H,3H2,1-2H3,(H,32,33)/b23-18+. The van der Waals surface area contributed by atoms with Crippen molar-refractivity contribution in [1.29, 1.82) is 5.26 Å². The Bertz CT molecular complexity index is 1720. The summed E-state index contributed by atoms with van der Waals surface area (Å²) in [7, 11) is -4.20. The highest BCUT2D eigenvalue weighted by atomic mass is 32.2. The third-order valence-electron chi connectivity index (χ3n) is 5.75. The first-order valence-corrected chi connectivity index (χ1v) is 13.4. The summed E-state index contributed by atoms with van der Waals surface area (Å²) in [5.74, 6) is -1.24. The van der Waals surface area contributed by atoms with E-state index >= 15 is 0 Å². The second-order valence-corrected chi connectivity index (χ2v) is 10.0. The summed E-state index contributed by atoms with van der Waals surface area (Å²) in [5.41, 5.74) is 1.54. The Kier molecular flexibility index (Phi) is 8.08. The van der Waals surface area contributed by atoms with E-state index in [9.17, 15) is 23.3 Å². The molecule has 0 bridgehead atoms. The maximum Gasteiger partial charge on any atom is 0.339 e. The molecule has 8 nitrogen and oxygen atoms in total. The van der Waals surface area contributed by atoms with Gasteiger partial charge < -0.3 is 14.2 Å². The number of nitriles is 1. The van der Waals surface area contributed by atoms with Crippen LogP contribution in [0, 0.1) is 18.3 Å². The fourth-order valence-corrected chi connectivity index (χ4v) is 4.71. The van der Waals surface area contributed by atoms with Crippen LogP contribution in [0.1, 0.15) is 28.4 Å². The summed E-state index contributed by atoms with van der Waals surface area (Å²) >= 11 is 0. The van der Waals surface area contributed by atoms with E-state index in [0.717, 1.165) is 10.9 Å². The lowest BCUT2D eigenvalue weighted by Gasteiger charge is -2.13. The lowest BCUT2D eigenvalue weighted by atomic mass is 10.0. The van der Waals surface area contributed by atoms with Crippen molar-refractivity contribution in [3.63, 3.8) is 0 Å². The second-order valence-electron chi connectivity index (χ2n) is 8.47. The largest absolute Gasteiger partial charge is 0.462 e. The van der Waals surface area contributed by atoms with Crippen LogP contribution in [0.4, 0.5) is 5.69 Å². The van der Waals surface area contributed by atoms with E-state index in [-0.39, 0.29) is 28.4 Å². The molecule has 0 aliphatic heterocycles. The summed E-state index contributed by atoms with van der Waals surface area (Å²) in [6, 6.07) is 24.4. The molecule has 0 atom stereocenters. The highest BCUT2D eigenvalue weighted by Crippen LogP contribution is 2.32. The first-order valence-electron chi connectivity index (χ1n) is 11.9. The van der Waals surface area contributed by atoms with Crippen LogP contribution >= 0.6 is 0 Å². The summed E-state index contributed by atoms with van der Waals surface area (Å²) in [4.78, 5) is 24.8. The number of amides is 1. The number of carbonyl (C=O) groups excluding carboxylic acids is 2. The number of aryl methyl sites for hydroxylation is 1. The van der Waals surface area contributed by atoms with E-state index in [2.05, 4.69) is 5.32 Å². The molecular weight excluding hydrogens is 516 g/mol. The molecule has 0 radical (unpaired) electrons. The first-order chi connectivity index (χ1) is 18.7. The summed E-state index contributed by atoms with van der Waals surface area (Å²) in [6.07, 6.45) is 1.30. The average Bonchev–Trinajstić information content (AvgIpc) is 2.93. The van der Waals surface area contributed by atoms with E-state index in [1.807, 2.05) is 25.1 Å². The van der Waals surface area contributed by atoms with Crippen molar-refractivity contribution in [3.05, 3.63) is 107 Å². The molecule has 0 unspecified atom stereocenters. The van der Waals surface area contributed by atoms with Gasteiger partial charge in [-0.15, -0.1) is 0 Å². The van der Waals surface area contributed by atoms with Crippen molar-refractivity contribution in [2.24, 2.45) is 0 Å². The van der Waals surface area contributed by atoms with E-state index < -0.39 is 22.0 Å². The number of ether oxygens (including phenoxy) is 1. The maximum absolute atomic E-state index is 13.0. The quantitative estimate of drug-likeness (QED) is 0.133. The molecule has 196 valence electrons. The van der Waals surface area contributed by atoms with Gasteiger partial charge in [-0.25, -0.2) is 4.79 Å². The van der Waals surface area contributed by atoms with Crippen molar-refractivity contribution < 1.29 is 26.9 Å². The van der Waals surface area contributed by atoms with Crippen LogP contribution < -0.4 is 9.50 Å². The molecule has 0 saturated heterocycles. The second kappa shape index (κ2) is 11.6. The zero-order valence-corrected chi connectivity index (χ0v) is 22.0. The zero-order chi connectivity index (χ0) is 28.0. The molecule has 0 heterocycles. The number of carbonyl (C=O) groups is 2. The number of nitrogens with zero attached hydrogens (tertiary/aromatic N) is 1. The Hall–Kier alpha value is -4.94. The monoisotopic (exact) mass is 540 g/mol. The molecule has 1 amide bonds. The number of nitrogens with one attached hydrogen (secondary N) is 1. The van der Waals surface area contributed by atoms with E-state index in [4.69, 9.17) is 8.92 Å². The summed E-state index contributed by atoms with van der Waals surface area (Å²) in [6.45, 7) is 3.78. The normalized spacial score (nSPS) is 11.5. The first kappa shape index (κ1) is 27.1. The van der Waals surface area contributed by atoms with Gasteiger partial charge in [-0.1, -0.05) is 48.0 Å². The molecule has 0 saturated carbocycles. The van der Waals surface area contributed by atoms with Crippen LogP contribution in [0.2, 0.25) is 0 Å². The Morgan fingerprint density at radius 1 is 0.949 bits per heavy atom. The maximum atomic E-state index is 13.0. The number of rotatable bonds is 8. The van der Waals surface area contributed by atoms with Crippen molar-refractivity contribution in [3.8, 4) is 11.8 Å². The third kappa shape index (κ3) is 6.32. The van der Waals surface area contributed by atoms with Crippen LogP contribution in [0.3, 0.4) is 0 Å². The number of hydrogen-bond donors (Lipinski definition) is 1. The number of esters is 1. The lowest BCUT2D eigenvalue weighted by Crippen LogP contribution is -2.14. The van der Waals surface area contributed by atoms with Crippen molar-refractivity contribution in [1.82, 2.24) is 0 Å². The lowest BCUT2D eigenvalue weighted by molar-refractivity contribution is -0.112. The fraction of sp³-hybridized carbons (Fsp3) is 0.100. The van der Waals surface area contributed by atoms with Gasteiger partial charge in [0.05, 0.1) is 12.2 Å². The molecule has 9 heteroatoms. The molecule has 0 aliphatic carbocycles. The SMILES string of the molecule is CCOC(=O)c1ccc(NC(=O)/C(C#N)=C/c2c(OS(=O)(=O)c3ccc(C)cc3)ccc3ccccc23)cc1. The van der Waals surface area contributed by atoms with Crippen LogP contribution in [0.25, 0.3) is 16.8 Å². The molecule has 0 aromatic heterocycles. The Morgan fingerprint density at radius 2 is 1.64 bits per heavy atom. The molecule has 0 aliphatic rings. The minimum absolute atomic E-state index is 0.0271. The van der Waals surface area contributed by atoms with Gasteiger partial charge in [0.15, 0.2) is 5.75 Å². The molecule has 4 rings (SSSR count). The predicted octanol–water partition coefficient (Wildman–Crippen LogP) is 5.64. The zero-order valence-electron chi connectivity index (χ0n) is 21.2. The van der Waals surface area contributed by atoms with Gasteiger partial charge in [-0.3, -0.25) is 4.79 Å². The van der Waals surface area contributed by atoms with Crippen molar-refractivity contribution in [2.75, 3.05) is 11.9 Å². The smallest absolute Gasteiger partial charge is 0.339 e. The number of anilines is 1. The van der Waals surface area contributed by atoms with Crippen LogP contribution in [-0.4, -0.2) is 26.9 Å².